The van der Waals surface area contributed by atoms with Crippen LogP contribution in [0.4, 0.5) is 0 Å². The lowest BCUT2D eigenvalue weighted by molar-refractivity contribution is -0.137. The predicted molar refractivity (Wildman–Crippen MR) is 136 cm³/mol. The third-order valence-corrected chi connectivity index (χ3v) is 6.41. The summed E-state index contributed by atoms with van der Waals surface area (Å²) in [6.45, 7) is 4.09. The number of pyridine rings is 1. The van der Waals surface area contributed by atoms with E-state index in [-0.39, 0.29) is 18.6 Å². The number of hydrogen-bond acceptors (Lipinski definition) is 4. The van der Waals surface area contributed by atoms with E-state index in [1.54, 1.807) is 5.01 Å². The molecule has 0 fully saturated rings. The number of rotatable bonds is 5. The summed E-state index contributed by atoms with van der Waals surface area (Å²) < 4.78 is 5.17. The van der Waals surface area contributed by atoms with Gasteiger partial charge < -0.3 is 4.74 Å². The molecule has 5 nitrogen and oxygen atoms in total. The van der Waals surface area contributed by atoms with Gasteiger partial charge in [0.05, 0.1) is 17.3 Å². The number of fused-ring (bicyclic) bond motifs is 1. The summed E-state index contributed by atoms with van der Waals surface area (Å²) in [4.78, 5) is 18.0. The molecule has 0 saturated carbocycles. The van der Waals surface area contributed by atoms with Crippen LogP contribution < -0.4 is 0 Å². The summed E-state index contributed by atoms with van der Waals surface area (Å²) >= 11 is 0. The molecule has 4 aromatic rings. The van der Waals surface area contributed by atoms with E-state index in [1.807, 2.05) is 55.5 Å². The van der Waals surface area contributed by atoms with Crippen LogP contribution in [0.15, 0.2) is 84.0 Å². The van der Waals surface area contributed by atoms with Gasteiger partial charge in [0.25, 0.3) is 5.91 Å². The van der Waals surface area contributed by atoms with E-state index < -0.39 is 0 Å². The molecule has 1 aliphatic rings. The summed E-state index contributed by atoms with van der Waals surface area (Å²) in [6.07, 6.45) is 0.612. The zero-order valence-electron chi connectivity index (χ0n) is 19.7. The number of benzene rings is 3. The number of amides is 1. The Balaban J connectivity index is 1.72. The fourth-order valence-corrected chi connectivity index (χ4v) is 4.88. The van der Waals surface area contributed by atoms with Crippen molar-refractivity contribution in [3.8, 4) is 11.1 Å². The van der Waals surface area contributed by atoms with Crippen LogP contribution in [0.1, 0.15) is 34.8 Å². The second kappa shape index (κ2) is 9.20. The van der Waals surface area contributed by atoms with Gasteiger partial charge in [0.15, 0.2) is 0 Å². The molecule has 1 aliphatic heterocycles. The summed E-state index contributed by atoms with van der Waals surface area (Å²) in [7, 11) is 1.53. The average molecular weight is 450 g/mol. The van der Waals surface area contributed by atoms with E-state index in [2.05, 4.69) is 37.3 Å². The summed E-state index contributed by atoms with van der Waals surface area (Å²) in [5, 5.41) is 7.59. The molecule has 0 saturated heterocycles. The fraction of sp³-hybridized carbons (Fsp3) is 0.207. The minimum atomic E-state index is -0.187. The van der Waals surface area contributed by atoms with Crippen molar-refractivity contribution in [2.24, 2.45) is 5.10 Å². The standard InChI is InChI=1S/C29H27N3O2/c1-19-11-7-8-14-22(19)26-17-25(31-32(26)27(33)18-34-3)28-20(2)30-24-16-10-9-15-23(24)29(28)21-12-5-4-6-13-21/h4-16,26H,17-18H2,1-3H3. The second-order valence-corrected chi connectivity index (χ2v) is 8.62. The summed E-state index contributed by atoms with van der Waals surface area (Å²) in [5.74, 6) is -0.154. The van der Waals surface area contributed by atoms with Crippen molar-refractivity contribution >= 4 is 22.5 Å². The molecule has 0 bridgehead atoms. The van der Waals surface area contributed by atoms with Crippen molar-refractivity contribution in [2.45, 2.75) is 26.3 Å². The molecule has 170 valence electrons. The van der Waals surface area contributed by atoms with Gasteiger partial charge in [0.1, 0.15) is 6.61 Å². The topological polar surface area (TPSA) is 54.8 Å². The van der Waals surface area contributed by atoms with Gasteiger partial charge in [-0.25, -0.2) is 5.01 Å². The third kappa shape index (κ3) is 3.88. The number of carbonyl (C=O) groups is 1. The largest absolute Gasteiger partial charge is 0.375 e. The highest BCUT2D eigenvalue weighted by Gasteiger charge is 2.35. The van der Waals surface area contributed by atoms with Gasteiger partial charge in [0.2, 0.25) is 0 Å². The first-order valence-corrected chi connectivity index (χ1v) is 11.5. The lowest BCUT2D eigenvalue weighted by atomic mass is 9.88. The Morgan fingerprint density at radius 2 is 1.65 bits per heavy atom. The van der Waals surface area contributed by atoms with Crippen molar-refractivity contribution < 1.29 is 9.53 Å². The Bertz CT molecular complexity index is 1400. The number of aromatic nitrogens is 1. The zero-order valence-corrected chi connectivity index (χ0v) is 19.7. The Hall–Kier alpha value is -3.83. The number of hydrogen-bond donors (Lipinski definition) is 0. The van der Waals surface area contributed by atoms with E-state index in [0.29, 0.717) is 6.42 Å². The molecular weight excluding hydrogens is 422 g/mol. The first kappa shape index (κ1) is 22.0. The van der Waals surface area contributed by atoms with Gasteiger partial charge in [-0.05, 0) is 36.6 Å². The summed E-state index contributed by atoms with van der Waals surface area (Å²) in [6, 6.07) is 26.5. The molecular formula is C29H27N3O2. The number of ether oxygens (including phenoxy) is 1. The van der Waals surface area contributed by atoms with Crippen molar-refractivity contribution in [3.05, 3.63) is 101 Å². The molecule has 34 heavy (non-hydrogen) atoms. The first-order valence-electron chi connectivity index (χ1n) is 11.5. The Morgan fingerprint density at radius 1 is 0.941 bits per heavy atom. The van der Waals surface area contributed by atoms with Crippen molar-refractivity contribution in [2.75, 3.05) is 13.7 Å². The molecule has 1 unspecified atom stereocenters. The maximum Gasteiger partial charge on any atom is 0.269 e. The van der Waals surface area contributed by atoms with Gasteiger partial charge in [-0.3, -0.25) is 9.78 Å². The van der Waals surface area contributed by atoms with Gasteiger partial charge in [-0.15, -0.1) is 0 Å². The number of aryl methyl sites for hydroxylation is 2. The number of hydrazone groups is 1. The number of nitrogens with zero attached hydrogens (tertiary/aromatic N) is 3. The van der Waals surface area contributed by atoms with E-state index in [1.165, 1.54) is 7.11 Å². The minimum absolute atomic E-state index is 0.0142. The molecule has 1 amide bonds. The third-order valence-electron chi connectivity index (χ3n) is 6.41. The van der Waals surface area contributed by atoms with Gasteiger partial charge >= 0.3 is 0 Å². The van der Waals surface area contributed by atoms with E-state index in [4.69, 9.17) is 14.8 Å². The van der Waals surface area contributed by atoms with Crippen LogP contribution in [0.25, 0.3) is 22.0 Å². The highest BCUT2D eigenvalue weighted by atomic mass is 16.5. The number of methoxy groups -OCH3 is 1. The molecule has 0 aliphatic carbocycles. The van der Waals surface area contributed by atoms with Gasteiger partial charge in [0, 0.05) is 35.7 Å². The Morgan fingerprint density at radius 3 is 2.41 bits per heavy atom. The van der Waals surface area contributed by atoms with Crippen LogP contribution in [0.3, 0.4) is 0 Å². The highest BCUT2D eigenvalue weighted by molar-refractivity contribution is 6.14. The van der Waals surface area contributed by atoms with Crippen molar-refractivity contribution in [1.29, 1.82) is 0 Å². The van der Waals surface area contributed by atoms with Crippen LogP contribution in [-0.2, 0) is 9.53 Å². The lowest BCUT2D eigenvalue weighted by Gasteiger charge is -2.23. The molecule has 2 heterocycles. The molecule has 1 aromatic heterocycles. The first-order chi connectivity index (χ1) is 16.6. The molecule has 0 spiro atoms. The van der Waals surface area contributed by atoms with Crippen molar-refractivity contribution in [3.63, 3.8) is 0 Å². The highest BCUT2D eigenvalue weighted by Crippen LogP contribution is 2.39. The smallest absolute Gasteiger partial charge is 0.269 e. The Kier molecular flexibility index (Phi) is 5.95. The van der Waals surface area contributed by atoms with Crippen LogP contribution >= 0.6 is 0 Å². The fourth-order valence-electron chi connectivity index (χ4n) is 4.88. The molecule has 1 atom stereocenters. The maximum atomic E-state index is 13.0. The zero-order chi connectivity index (χ0) is 23.7. The van der Waals surface area contributed by atoms with Crippen LogP contribution in [0.5, 0.6) is 0 Å². The normalized spacial score (nSPS) is 15.6. The van der Waals surface area contributed by atoms with Gasteiger partial charge in [-0.2, -0.15) is 5.10 Å². The van der Waals surface area contributed by atoms with Crippen LogP contribution in [-0.4, -0.2) is 35.3 Å². The number of para-hydroxylation sites is 1. The van der Waals surface area contributed by atoms with Gasteiger partial charge in [-0.1, -0.05) is 72.8 Å². The second-order valence-electron chi connectivity index (χ2n) is 8.62. The van der Waals surface area contributed by atoms with E-state index >= 15 is 0 Å². The number of carbonyl (C=O) groups excluding carboxylic acids is 1. The molecule has 3 aromatic carbocycles. The summed E-state index contributed by atoms with van der Waals surface area (Å²) in [5.41, 5.74) is 8.16. The lowest BCUT2D eigenvalue weighted by Crippen LogP contribution is -2.30. The monoisotopic (exact) mass is 449 g/mol. The predicted octanol–water partition coefficient (Wildman–Crippen LogP) is 5.84. The minimum Gasteiger partial charge on any atom is -0.375 e. The molecule has 0 radical (unpaired) electrons. The molecule has 0 N–H and O–H groups in total. The quantitative estimate of drug-likeness (QED) is 0.384. The average Bonchev–Trinajstić information content (AvgIpc) is 3.29. The SMILES string of the molecule is COCC(=O)N1N=C(c2c(C)nc3ccccc3c2-c2ccccc2)CC1c1ccccc1C. The molecule has 5 rings (SSSR count). The Labute approximate surface area is 199 Å². The van der Waals surface area contributed by atoms with E-state index in [0.717, 1.165) is 50.1 Å². The van der Waals surface area contributed by atoms with E-state index in [9.17, 15) is 4.79 Å². The maximum absolute atomic E-state index is 13.0. The van der Waals surface area contributed by atoms with Crippen molar-refractivity contribution in [1.82, 2.24) is 9.99 Å². The molecule has 5 heteroatoms. The van der Waals surface area contributed by atoms with Crippen LogP contribution in [0, 0.1) is 13.8 Å². The van der Waals surface area contributed by atoms with Crippen LogP contribution in [0.2, 0.25) is 0 Å².